The summed E-state index contributed by atoms with van der Waals surface area (Å²) in [6.07, 6.45) is 1.09. The molecule has 72 valence electrons. The summed E-state index contributed by atoms with van der Waals surface area (Å²) in [5.74, 6) is 0.666. The number of hydrogen-bond donors (Lipinski definition) is 0. The van der Waals surface area contributed by atoms with E-state index in [4.69, 9.17) is 11.6 Å². The fraction of sp³-hybridized carbons (Fsp3) is 0.455. The van der Waals surface area contributed by atoms with Crippen LogP contribution in [-0.2, 0) is 6.42 Å². The van der Waals surface area contributed by atoms with Gasteiger partial charge in [0.15, 0.2) is 0 Å². The molecule has 1 aromatic rings. The molecule has 2 heteroatoms. The van der Waals surface area contributed by atoms with Gasteiger partial charge >= 0.3 is 0 Å². The molecule has 0 nitrogen and oxygen atoms in total. The maximum Gasteiger partial charge on any atom is 0.0437 e. The Morgan fingerprint density at radius 1 is 1.46 bits per heavy atom. The molecule has 0 fully saturated rings. The molecule has 0 heterocycles. The van der Waals surface area contributed by atoms with Crippen LogP contribution in [0, 0.1) is 12.8 Å². The lowest BCUT2D eigenvalue weighted by Crippen LogP contribution is -2.00. The Morgan fingerprint density at radius 2 is 2.15 bits per heavy atom. The lowest BCUT2D eigenvalue weighted by Gasteiger charge is -2.08. The van der Waals surface area contributed by atoms with E-state index < -0.39 is 0 Å². The van der Waals surface area contributed by atoms with Crippen molar-refractivity contribution in [1.29, 1.82) is 0 Å². The summed E-state index contributed by atoms with van der Waals surface area (Å²) in [6.45, 7) is 4.25. The second-order valence-corrected chi connectivity index (χ2v) is 4.60. The highest BCUT2D eigenvalue weighted by molar-refractivity contribution is 9.09. The molecule has 0 aromatic heterocycles. The third-order valence-electron chi connectivity index (χ3n) is 2.08. The van der Waals surface area contributed by atoms with Crippen LogP contribution in [0.2, 0.25) is 5.02 Å². The van der Waals surface area contributed by atoms with Crippen molar-refractivity contribution in [3.8, 4) is 0 Å². The van der Waals surface area contributed by atoms with Crippen molar-refractivity contribution in [1.82, 2.24) is 0 Å². The Morgan fingerprint density at radius 3 is 2.69 bits per heavy atom. The van der Waals surface area contributed by atoms with Gasteiger partial charge in [-0.1, -0.05) is 46.6 Å². The van der Waals surface area contributed by atoms with Gasteiger partial charge in [-0.05, 0) is 36.5 Å². The second kappa shape index (κ2) is 5.02. The zero-order valence-corrected chi connectivity index (χ0v) is 10.3. The average molecular weight is 262 g/mol. The summed E-state index contributed by atoms with van der Waals surface area (Å²) in [4.78, 5) is 0. The minimum atomic E-state index is 0.666. The molecule has 0 saturated carbocycles. The van der Waals surface area contributed by atoms with E-state index in [1.807, 2.05) is 6.92 Å². The SMILES string of the molecule is Cc1ccc(CC(C)CBr)cc1Cl. The number of alkyl halides is 1. The van der Waals surface area contributed by atoms with Crippen molar-refractivity contribution in [2.75, 3.05) is 5.33 Å². The predicted molar refractivity (Wildman–Crippen MR) is 62.9 cm³/mol. The third kappa shape index (κ3) is 3.32. The molecule has 1 atom stereocenters. The van der Waals surface area contributed by atoms with Gasteiger partial charge in [0.25, 0.3) is 0 Å². The molecular formula is C11H14BrCl. The Labute approximate surface area is 93.4 Å². The molecule has 0 amide bonds. The summed E-state index contributed by atoms with van der Waals surface area (Å²) in [5, 5.41) is 1.91. The minimum absolute atomic E-state index is 0.666. The quantitative estimate of drug-likeness (QED) is 0.715. The molecule has 0 bridgehead atoms. The van der Waals surface area contributed by atoms with E-state index in [-0.39, 0.29) is 0 Å². The lowest BCUT2D eigenvalue weighted by atomic mass is 10.0. The summed E-state index contributed by atoms with van der Waals surface area (Å²) >= 11 is 9.50. The van der Waals surface area contributed by atoms with Gasteiger partial charge < -0.3 is 0 Å². The summed E-state index contributed by atoms with van der Waals surface area (Å²) in [7, 11) is 0. The highest BCUT2D eigenvalue weighted by Gasteiger charge is 2.03. The van der Waals surface area contributed by atoms with Crippen molar-refractivity contribution in [2.24, 2.45) is 5.92 Å². The fourth-order valence-electron chi connectivity index (χ4n) is 1.22. The molecule has 1 unspecified atom stereocenters. The van der Waals surface area contributed by atoms with E-state index in [1.165, 1.54) is 5.56 Å². The van der Waals surface area contributed by atoms with Gasteiger partial charge in [-0.25, -0.2) is 0 Å². The number of halogens is 2. The predicted octanol–water partition coefficient (Wildman–Crippen LogP) is 4.22. The van der Waals surface area contributed by atoms with Crippen LogP contribution in [0.4, 0.5) is 0 Å². The van der Waals surface area contributed by atoms with Crippen molar-refractivity contribution in [3.05, 3.63) is 34.3 Å². The highest BCUT2D eigenvalue weighted by atomic mass is 79.9. The number of benzene rings is 1. The normalized spacial score (nSPS) is 12.9. The van der Waals surface area contributed by atoms with E-state index >= 15 is 0 Å². The van der Waals surface area contributed by atoms with Gasteiger partial charge in [0.1, 0.15) is 0 Å². The fourth-order valence-corrected chi connectivity index (χ4v) is 1.65. The third-order valence-corrected chi connectivity index (χ3v) is 3.60. The summed E-state index contributed by atoms with van der Waals surface area (Å²) in [6, 6.07) is 6.30. The van der Waals surface area contributed by atoms with E-state index in [2.05, 4.69) is 41.1 Å². The van der Waals surface area contributed by atoms with Gasteiger partial charge in [0.05, 0.1) is 0 Å². The molecule has 13 heavy (non-hydrogen) atoms. The Hall–Kier alpha value is -0.0100. The molecule has 1 rings (SSSR count). The Balaban J connectivity index is 2.73. The van der Waals surface area contributed by atoms with E-state index in [1.54, 1.807) is 0 Å². The molecule has 0 aliphatic heterocycles. The molecule has 0 radical (unpaired) electrons. The van der Waals surface area contributed by atoms with E-state index in [0.29, 0.717) is 5.92 Å². The van der Waals surface area contributed by atoms with Crippen molar-refractivity contribution in [3.63, 3.8) is 0 Å². The van der Waals surface area contributed by atoms with E-state index in [0.717, 1.165) is 22.3 Å². The topological polar surface area (TPSA) is 0 Å². The summed E-state index contributed by atoms with van der Waals surface area (Å²) in [5.41, 5.74) is 2.47. The van der Waals surface area contributed by atoms with Crippen LogP contribution in [0.15, 0.2) is 18.2 Å². The van der Waals surface area contributed by atoms with Crippen LogP contribution in [0.25, 0.3) is 0 Å². The first-order valence-electron chi connectivity index (χ1n) is 4.44. The molecule has 0 saturated heterocycles. The molecule has 0 spiro atoms. The van der Waals surface area contributed by atoms with Crippen LogP contribution in [0.1, 0.15) is 18.1 Å². The smallest absolute Gasteiger partial charge is 0.0437 e. The van der Waals surface area contributed by atoms with Gasteiger partial charge in [0.2, 0.25) is 0 Å². The maximum absolute atomic E-state index is 6.03. The first-order chi connectivity index (χ1) is 6.13. The largest absolute Gasteiger partial charge is 0.0925 e. The maximum atomic E-state index is 6.03. The van der Waals surface area contributed by atoms with Crippen molar-refractivity contribution < 1.29 is 0 Å². The minimum Gasteiger partial charge on any atom is -0.0925 e. The second-order valence-electron chi connectivity index (χ2n) is 3.55. The average Bonchev–Trinajstić information content (AvgIpc) is 2.11. The van der Waals surface area contributed by atoms with Crippen LogP contribution < -0.4 is 0 Å². The van der Waals surface area contributed by atoms with Gasteiger partial charge in [0, 0.05) is 10.4 Å². The highest BCUT2D eigenvalue weighted by Crippen LogP contribution is 2.19. The molecule has 0 aliphatic carbocycles. The molecule has 1 aromatic carbocycles. The van der Waals surface area contributed by atoms with Gasteiger partial charge in [-0.3, -0.25) is 0 Å². The van der Waals surface area contributed by atoms with Gasteiger partial charge in [-0.2, -0.15) is 0 Å². The molecular weight excluding hydrogens is 247 g/mol. The summed E-state index contributed by atoms with van der Waals surface area (Å²) < 4.78 is 0. The number of aryl methyl sites for hydroxylation is 1. The van der Waals surface area contributed by atoms with Crippen LogP contribution in [0.5, 0.6) is 0 Å². The molecule has 0 aliphatic rings. The van der Waals surface area contributed by atoms with Crippen LogP contribution in [-0.4, -0.2) is 5.33 Å². The first-order valence-corrected chi connectivity index (χ1v) is 5.94. The number of rotatable bonds is 3. The van der Waals surface area contributed by atoms with Crippen LogP contribution >= 0.6 is 27.5 Å². The first kappa shape index (κ1) is 11.1. The molecule has 0 N–H and O–H groups in total. The van der Waals surface area contributed by atoms with Crippen LogP contribution in [0.3, 0.4) is 0 Å². The monoisotopic (exact) mass is 260 g/mol. The zero-order chi connectivity index (χ0) is 9.84. The zero-order valence-electron chi connectivity index (χ0n) is 7.98. The lowest BCUT2D eigenvalue weighted by molar-refractivity contribution is 0.663. The van der Waals surface area contributed by atoms with Crippen molar-refractivity contribution in [2.45, 2.75) is 20.3 Å². The Bertz CT molecular complexity index is 283. The standard InChI is InChI=1S/C11H14BrCl/c1-8(7-12)5-10-4-3-9(2)11(13)6-10/h3-4,6,8H,5,7H2,1-2H3. The Kier molecular flexibility index (Phi) is 4.27. The van der Waals surface area contributed by atoms with Crippen molar-refractivity contribution >= 4 is 27.5 Å². The number of hydrogen-bond acceptors (Lipinski definition) is 0. The van der Waals surface area contributed by atoms with E-state index in [9.17, 15) is 0 Å². The van der Waals surface area contributed by atoms with Gasteiger partial charge in [-0.15, -0.1) is 0 Å².